The summed E-state index contributed by atoms with van der Waals surface area (Å²) in [5.74, 6) is 0. The van der Waals surface area contributed by atoms with E-state index >= 15 is 0 Å². The molecule has 0 aliphatic rings. The number of fused-ring (bicyclic) bond motifs is 16. The van der Waals surface area contributed by atoms with Crippen molar-refractivity contribution in [3.05, 3.63) is 109 Å². The Morgan fingerprint density at radius 1 is 0.262 bits per heavy atom. The Bertz CT molecular complexity index is 2760. The molecule has 42 heavy (non-hydrogen) atoms. The van der Waals surface area contributed by atoms with Gasteiger partial charge in [-0.1, -0.05) is 60.7 Å². The third kappa shape index (κ3) is 2.54. The molecule has 4 N–H and O–H groups in total. The number of benzene rings is 7. The van der Waals surface area contributed by atoms with Gasteiger partial charge in [-0.05, 0) is 70.1 Å². The Labute approximate surface area is 237 Å². The van der Waals surface area contributed by atoms with Gasteiger partial charge in [0.05, 0.1) is 0 Å². The average molecular weight is 535 g/mol. The molecular weight excluding hydrogens is 512 g/mol. The Hall–Kier alpha value is -5.74. The molecule has 11 rings (SSSR count). The highest BCUT2D eigenvalue weighted by molar-refractivity contribution is 6.27. The summed E-state index contributed by atoms with van der Waals surface area (Å²) < 4.78 is 0. The maximum atomic E-state index is 3.76. The Balaban J connectivity index is 1.19. The van der Waals surface area contributed by atoms with E-state index in [-0.39, 0.29) is 0 Å². The van der Waals surface area contributed by atoms with Gasteiger partial charge in [-0.2, -0.15) is 0 Å². The maximum absolute atomic E-state index is 3.76. The fourth-order valence-electron chi connectivity index (χ4n) is 7.64. The van der Waals surface area contributed by atoms with Crippen LogP contribution in [0, 0.1) is 0 Å². The summed E-state index contributed by atoms with van der Waals surface area (Å²) in [4.78, 5) is 14.9. The Morgan fingerprint density at radius 2 is 0.595 bits per heavy atom. The summed E-state index contributed by atoms with van der Waals surface area (Å²) in [6, 6.07) is 40.0. The van der Waals surface area contributed by atoms with Gasteiger partial charge >= 0.3 is 0 Å². The van der Waals surface area contributed by atoms with Crippen LogP contribution in [0.25, 0.3) is 109 Å². The molecule has 0 saturated carbocycles. The van der Waals surface area contributed by atoms with Crippen molar-refractivity contribution >= 4 is 109 Å². The second kappa shape index (κ2) is 7.12. The van der Waals surface area contributed by atoms with Crippen LogP contribution in [0.5, 0.6) is 0 Å². The first-order valence-corrected chi connectivity index (χ1v) is 14.4. The van der Waals surface area contributed by atoms with Crippen molar-refractivity contribution in [2.75, 3.05) is 0 Å². The number of hydrogen-bond acceptors (Lipinski definition) is 0. The summed E-state index contributed by atoms with van der Waals surface area (Å²) in [5, 5.41) is 15.1. The predicted molar refractivity (Wildman–Crippen MR) is 179 cm³/mol. The van der Waals surface area contributed by atoms with Gasteiger partial charge in [-0.15, -0.1) is 0 Å². The van der Waals surface area contributed by atoms with Crippen LogP contribution in [0.3, 0.4) is 0 Å². The first-order chi connectivity index (χ1) is 20.8. The summed E-state index contributed by atoms with van der Waals surface area (Å²) in [7, 11) is 0. The summed E-state index contributed by atoms with van der Waals surface area (Å²) in [5.41, 5.74) is 9.32. The minimum absolute atomic E-state index is 1.16. The monoisotopic (exact) mass is 534 g/mol. The molecule has 0 amide bonds. The molecule has 0 saturated heterocycles. The highest BCUT2D eigenvalue weighted by Crippen LogP contribution is 2.40. The second-order valence-corrected chi connectivity index (χ2v) is 11.7. The normalized spacial score (nSPS) is 12.8. The SMILES string of the molecule is c1ccc2c(c1)ccc1[nH]c3cc4c(cc3c12)[nH]c1cc2c(cc14)[nH]c1cc3c(cc12)[nH]c1ccc2ccccc2c13. The van der Waals surface area contributed by atoms with Crippen LogP contribution in [0.2, 0.25) is 0 Å². The third-order valence-electron chi connectivity index (χ3n) is 9.53. The zero-order valence-corrected chi connectivity index (χ0v) is 22.4. The number of aromatic amines is 4. The van der Waals surface area contributed by atoms with E-state index in [1.54, 1.807) is 0 Å². The quantitative estimate of drug-likeness (QED) is 0.150. The Morgan fingerprint density at radius 3 is 1.02 bits per heavy atom. The molecule has 194 valence electrons. The van der Waals surface area contributed by atoms with Crippen LogP contribution >= 0.6 is 0 Å². The maximum Gasteiger partial charge on any atom is 0.0472 e. The molecule has 0 aliphatic carbocycles. The molecule has 0 aliphatic heterocycles. The first-order valence-electron chi connectivity index (χ1n) is 14.4. The van der Waals surface area contributed by atoms with Crippen LogP contribution in [-0.4, -0.2) is 19.9 Å². The van der Waals surface area contributed by atoms with Gasteiger partial charge in [-0.25, -0.2) is 0 Å². The van der Waals surface area contributed by atoms with Gasteiger partial charge in [0.15, 0.2) is 0 Å². The molecule has 0 atom stereocenters. The topological polar surface area (TPSA) is 63.2 Å². The lowest BCUT2D eigenvalue weighted by Gasteiger charge is -2.00. The Kier molecular flexibility index (Phi) is 3.57. The van der Waals surface area contributed by atoms with Gasteiger partial charge in [0.2, 0.25) is 0 Å². The van der Waals surface area contributed by atoms with E-state index in [2.05, 4.69) is 129 Å². The molecule has 7 aromatic carbocycles. The van der Waals surface area contributed by atoms with Crippen molar-refractivity contribution in [1.29, 1.82) is 0 Å². The van der Waals surface area contributed by atoms with E-state index in [1.807, 2.05) is 0 Å². The number of hydrogen-bond donors (Lipinski definition) is 4. The minimum Gasteiger partial charge on any atom is -0.354 e. The van der Waals surface area contributed by atoms with Crippen molar-refractivity contribution in [3.8, 4) is 0 Å². The van der Waals surface area contributed by atoms with E-state index in [9.17, 15) is 0 Å². The van der Waals surface area contributed by atoms with E-state index in [4.69, 9.17) is 0 Å². The van der Waals surface area contributed by atoms with Crippen LogP contribution in [0.4, 0.5) is 0 Å². The second-order valence-electron chi connectivity index (χ2n) is 11.7. The van der Waals surface area contributed by atoms with E-state index in [0.717, 1.165) is 22.1 Å². The highest BCUT2D eigenvalue weighted by Gasteiger charge is 2.16. The van der Waals surface area contributed by atoms with E-state index in [1.165, 1.54) is 86.7 Å². The van der Waals surface area contributed by atoms with Crippen molar-refractivity contribution in [1.82, 2.24) is 19.9 Å². The number of nitrogens with one attached hydrogen (secondary N) is 4. The molecule has 0 spiro atoms. The van der Waals surface area contributed by atoms with Crippen molar-refractivity contribution in [2.24, 2.45) is 0 Å². The van der Waals surface area contributed by atoms with Crippen molar-refractivity contribution in [3.63, 3.8) is 0 Å². The fraction of sp³-hybridized carbons (Fsp3) is 0. The summed E-state index contributed by atoms with van der Waals surface area (Å²) >= 11 is 0. The van der Waals surface area contributed by atoms with Crippen LogP contribution in [-0.2, 0) is 0 Å². The molecule has 11 aromatic rings. The van der Waals surface area contributed by atoms with Gasteiger partial charge in [0.25, 0.3) is 0 Å². The van der Waals surface area contributed by atoms with Crippen LogP contribution in [0.1, 0.15) is 0 Å². The van der Waals surface area contributed by atoms with Crippen LogP contribution < -0.4 is 0 Å². The highest BCUT2D eigenvalue weighted by atomic mass is 14.8. The average Bonchev–Trinajstić information content (AvgIpc) is 3.77. The third-order valence-corrected chi connectivity index (χ3v) is 9.53. The van der Waals surface area contributed by atoms with Crippen molar-refractivity contribution < 1.29 is 0 Å². The lowest BCUT2D eigenvalue weighted by Crippen LogP contribution is -1.74. The largest absolute Gasteiger partial charge is 0.354 e. The number of aromatic nitrogens is 4. The molecule has 0 bridgehead atoms. The van der Waals surface area contributed by atoms with Gasteiger partial charge < -0.3 is 19.9 Å². The molecule has 0 radical (unpaired) electrons. The molecule has 0 unspecified atom stereocenters. The molecule has 0 fully saturated rings. The lowest BCUT2D eigenvalue weighted by molar-refractivity contribution is 1.54. The summed E-state index contributed by atoms with van der Waals surface area (Å²) in [6.07, 6.45) is 0. The van der Waals surface area contributed by atoms with Gasteiger partial charge in [0.1, 0.15) is 0 Å². The van der Waals surface area contributed by atoms with Crippen molar-refractivity contribution in [2.45, 2.75) is 0 Å². The van der Waals surface area contributed by atoms with Gasteiger partial charge in [0, 0.05) is 87.2 Å². The molecule has 4 aromatic heterocycles. The molecule has 4 nitrogen and oxygen atoms in total. The smallest absolute Gasteiger partial charge is 0.0472 e. The van der Waals surface area contributed by atoms with Gasteiger partial charge in [-0.3, -0.25) is 0 Å². The fourth-order valence-corrected chi connectivity index (χ4v) is 7.64. The number of H-pyrrole nitrogens is 4. The van der Waals surface area contributed by atoms with E-state index < -0.39 is 0 Å². The standard InChI is InChI=1S/C38H22N4/c1-3-7-21-19(5-1)9-11-29-37(21)27-17-33-25(15-35(27)39-29)23-13-32-24(14-31(23)41-33)26-16-36-28(18-34(26)42-32)38-22-8-4-2-6-20(22)10-12-30(38)40-36/h1-18,39-42H. The van der Waals surface area contributed by atoms with E-state index in [0.29, 0.717) is 0 Å². The molecular formula is C38H22N4. The number of rotatable bonds is 0. The van der Waals surface area contributed by atoms with Crippen LogP contribution in [0.15, 0.2) is 109 Å². The molecule has 4 heteroatoms. The molecule has 4 heterocycles. The summed E-state index contributed by atoms with van der Waals surface area (Å²) in [6.45, 7) is 0. The lowest BCUT2D eigenvalue weighted by atomic mass is 10.0. The predicted octanol–water partition coefficient (Wildman–Crippen LogP) is 10.5. The zero-order valence-electron chi connectivity index (χ0n) is 22.4. The zero-order chi connectivity index (χ0) is 27.1. The first kappa shape index (κ1) is 21.1. The minimum atomic E-state index is 1.16.